The number of likely N-dealkylation sites (tertiary alicyclic amines) is 1. The zero-order valence-electron chi connectivity index (χ0n) is 15.4. The van der Waals surface area contributed by atoms with Crippen LogP contribution in [0.2, 0.25) is 0 Å². The van der Waals surface area contributed by atoms with Crippen molar-refractivity contribution in [1.82, 2.24) is 19.9 Å². The number of hydrogen-bond acceptors (Lipinski definition) is 7. The van der Waals surface area contributed by atoms with Crippen molar-refractivity contribution < 1.29 is 14.3 Å². The first-order chi connectivity index (χ1) is 12.9. The van der Waals surface area contributed by atoms with E-state index < -0.39 is 11.9 Å². The van der Waals surface area contributed by atoms with Crippen LogP contribution < -0.4 is 11.1 Å². The molecule has 3 heterocycles. The fraction of sp³-hybridized carbons (Fsp3) is 0.471. The Kier molecular flexibility index (Phi) is 5.66. The standard InChI is InChI=1S/C17H22N6O3S/c1-9-5-7-23(13(9)15(18)24)17(25)22-16-20-10(2)14(27-16)11-4-6-19-12(21-11)8-26-3/h4,6,9,13H,5,7-8H2,1-3H3,(H2,18,24)(H,20,22,25)/t9-,13-/m0/s1. The van der Waals surface area contributed by atoms with Gasteiger partial charge >= 0.3 is 6.03 Å². The number of amides is 3. The van der Waals surface area contributed by atoms with Crippen LogP contribution >= 0.6 is 11.3 Å². The first kappa shape index (κ1) is 19.2. The number of nitrogens with zero attached hydrogens (tertiary/aromatic N) is 4. The van der Waals surface area contributed by atoms with E-state index >= 15 is 0 Å². The van der Waals surface area contributed by atoms with Gasteiger partial charge in [-0.25, -0.2) is 19.7 Å². The minimum Gasteiger partial charge on any atom is -0.377 e. The second-order valence-corrected chi connectivity index (χ2v) is 7.46. The second kappa shape index (κ2) is 7.97. The molecule has 0 aliphatic carbocycles. The van der Waals surface area contributed by atoms with Gasteiger partial charge in [0.05, 0.1) is 16.3 Å². The van der Waals surface area contributed by atoms with E-state index in [1.807, 2.05) is 13.8 Å². The molecule has 1 fully saturated rings. The van der Waals surface area contributed by atoms with Crippen LogP contribution in [0, 0.1) is 12.8 Å². The number of nitrogens with two attached hydrogens (primary N) is 1. The topological polar surface area (TPSA) is 123 Å². The summed E-state index contributed by atoms with van der Waals surface area (Å²) in [5.74, 6) is 0.128. The molecule has 3 amide bonds. The van der Waals surface area contributed by atoms with E-state index in [0.717, 1.165) is 22.7 Å². The average Bonchev–Trinajstić information content (AvgIpc) is 3.18. The van der Waals surface area contributed by atoms with Gasteiger partial charge in [0.2, 0.25) is 5.91 Å². The lowest BCUT2D eigenvalue weighted by molar-refractivity contribution is -0.122. The maximum absolute atomic E-state index is 12.6. The number of primary amides is 1. The lowest BCUT2D eigenvalue weighted by atomic mass is 10.0. The molecule has 0 unspecified atom stereocenters. The Morgan fingerprint density at radius 2 is 2.22 bits per heavy atom. The maximum atomic E-state index is 12.6. The third kappa shape index (κ3) is 4.06. The number of aryl methyl sites for hydroxylation is 1. The highest BCUT2D eigenvalue weighted by Gasteiger charge is 2.38. The summed E-state index contributed by atoms with van der Waals surface area (Å²) < 4.78 is 5.06. The summed E-state index contributed by atoms with van der Waals surface area (Å²) in [6.45, 7) is 4.58. The molecular weight excluding hydrogens is 368 g/mol. The Morgan fingerprint density at radius 3 is 2.93 bits per heavy atom. The summed E-state index contributed by atoms with van der Waals surface area (Å²) in [6.07, 6.45) is 2.41. The van der Waals surface area contributed by atoms with Crippen LogP contribution in [-0.4, -0.2) is 51.5 Å². The van der Waals surface area contributed by atoms with Crippen LogP contribution in [0.15, 0.2) is 12.3 Å². The van der Waals surface area contributed by atoms with Crippen LogP contribution in [-0.2, 0) is 16.1 Å². The molecule has 1 aliphatic heterocycles. The molecule has 9 nitrogen and oxygen atoms in total. The Bertz CT molecular complexity index is 855. The fourth-order valence-corrected chi connectivity index (χ4v) is 4.11. The Hall–Kier alpha value is -2.59. The molecule has 2 aromatic heterocycles. The number of nitrogens with one attached hydrogen (secondary N) is 1. The van der Waals surface area contributed by atoms with Gasteiger partial charge in [0, 0.05) is 19.9 Å². The van der Waals surface area contributed by atoms with E-state index in [2.05, 4.69) is 20.3 Å². The molecule has 3 rings (SSSR count). The predicted octanol–water partition coefficient (Wildman–Crippen LogP) is 1.78. The summed E-state index contributed by atoms with van der Waals surface area (Å²) >= 11 is 1.32. The monoisotopic (exact) mass is 390 g/mol. The lowest BCUT2D eigenvalue weighted by Gasteiger charge is -2.23. The van der Waals surface area contributed by atoms with E-state index in [4.69, 9.17) is 10.5 Å². The van der Waals surface area contributed by atoms with Crippen molar-refractivity contribution >= 4 is 28.4 Å². The van der Waals surface area contributed by atoms with Gasteiger partial charge in [-0.1, -0.05) is 18.3 Å². The summed E-state index contributed by atoms with van der Waals surface area (Å²) in [7, 11) is 1.58. The third-order valence-electron chi connectivity index (χ3n) is 4.47. The number of carbonyl (C=O) groups excluding carboxylic acids is 2. The first-order valence-electron chi connectivity index (χ1n) is 8.56. The first-order valence-corrected chi connectivity index (χ1v) is 9.38. The Balaban J connectivity index is 1.78. The molecule has 0 spiro atoms. The molecule has 2 aromatic rings. The summed E-state index contributed by atoms with van der Waals surface area (Å²) in [5.41, 5.74) is 6.92. The Labute approximate surface area is 161 Å². The van der Waals surface area contributed by atoms with Gasteiger partial charge in [-0.15, -0.1) is 0 Å². The highest BCUT2D eigenvalue weighted by molar-refractivity contribution is 7.19. The van der Waals surface area contributed by atoms with Crippen molar-refractivity contribution in [2.45, 2.75) is 32.9 Å². The minimum absolute atomic E-state index is 0.0436. The fourth-order valence-electron chi connectivity index (χ4n) is 3.18. The van der Waals surface area contributed by atoms with Crippen LogP contribution in [0.3, 0.4) is 0 Å². The number of aromatic nitrogens is 3. The van der Waals surface area contributed by atoms with Crippen molar-refractivity contribution in [2.24, 2.45) is 11.7 Å². The van der Waals surface area contributed by atoms with Crippen LogP contribution in [0.1, 0.15) is 24.9 Å². The highest BCUT2D eigenvalue weighted by atomic mass is 32.1. The van der Waals surface area contributed by atoms with Crippen molar-refractivity contribution in [3.63, 3.8) is 0 Å². The number of urea groups is 1. The van der Waals surface area contributed by atoms with Crippen molar-refractivity contribution in [1.29, 1.82) is 0 Å². The zero-order valence-corrected chi connectivity index (χ0v) is 16.2. The second-order valence-electron chi connectivity index (χ2n) is 6.46. The van der Waals surface area contributed by atoms with Crippen molar-refractivity contribution in [3.8, 4) is 10.6 Å². The highest BCUT2D eigenvalue weighted by Crippen LogP contribution is 2.32. The quantitative estimate of drug-likeness (QED) is 0.802. The van der Waals surface area contributed by atoms with Gasteiger partial charge in [0.1, 0.15) is 12.6 Å². The van der Waals surface area contributed by atoms with E-state index in [1.165, 1.54) is 16.2 Å². The predicted molar refractivity (Wildman–Crippen MR) is 101 cm³/mol. The van der Waals surface area contributed by atoms with E-state index in [0.29, 0.717) is 24.1 Å². The molecule has 0 aromatic carbocycles. The number of thiazole rings is 1. The molecule has 144 valence electrons. The van der Waals surface area contributed by atoms with Gasteiger partial charge in [-0.2, -0.15) is 0 Å². The summed E-state index contributed by atoms with van der Waals surface area (Å²) in [5, 5.41) is 3.23. The summed E-state index contributed by atoms with van der Waals surface area (Å²) in [4.78, 5) is 39.6. The van der Waals surface area contributed by atoms with Crippen LogP contribution in [0.5, 0.6) is 0 Å². The van der Waals surface area contributed by atoms with Crippen LogP contribution in [0.25, 0.3) is 10.6 Å². The molecule has 3 N–H and O–H groups in total. The van der Waals surface area contributed by atoms with E-state index in [9.17, 15) is 9.59 Å². The molecule has 1 saturated heterocycles. The lowest BCUT2D eigenvalue weighted by Crippen LogP contribution is -2.47. The minimum atomic E-state index is -0.594. The molecule has 1 aliphatic rings. The van der Waals surface area contributed by atoms with E-state index in [-0.39, 0.29) is 11.9 Å². The molecule has 2 atom stereocenters. The number of rotatable bonds is 5. The molecule has 0 bridgehead atoms. The van der Waals surface area contributed by atoms with Gasteiger partial charge < -0.3 is 15.4 Å². The Morgan fingerprint density at radius 1 is 1.44 bits per heavy atom. The molecule has 0 saturated carbocycles. The number of carbonyl (C=O) groups is 2. The van der Waals surface area contributed by atoms with Crippen molar-refractivity contribution in [3.05, 3.63) is 23.8 Å². The molecule has 10 heteroatoms. The van der Waals surface area contributed by atoms with E-state index in [1.54, 1.807) is 19.4 Å². The van der Waals surface area contributed by atoms with Gasteiger partial charge in [-0.3, -0.25) is 10.1 Å². The molecule has 0 radical (unpaired) electrons. The number of methoxy groups -OCH3 is 1. The number of anilines is 1. The SMILES string of the molecule is COCc1nccc(-c2sc(NC(=O)N3CC[C@H](C)[C@H]3C(N)=O)nc2C)n1. The van der Waals surface area contributed by atoms with Gasteiger partial charge in [0.25, 0.3) is 0 Å². The zero-order chi connectivity index (χ0) is 19.6. The number of hydrogen-bond donors (Lipinski definition) is 2. The van der Waals surface area contributed by atoms with Crippen LogP contribution in [0.4, 0.5) is 9.93 Å². The molecule has 27 heavy (non-hydrogen) atoms. The average molecular weight is 390 g/mol. The van der Waals surface area contributed by atoms with Gasteiger partial charge in [-0.05, 0) is 25.3 Å². The van der Waals surface area contributed by atoms with Crippen molar-refractivity contribution in [2.75, 3.05) is 19.0 Å². The molecular formula is C17H22N6O3S. The van der Waals surface area contributed by atoms with Gasteiger partial charge in [0.15, 0.2) is 11.0 Å². The smallest absolute Gasteiger partial charge is 0.324 e. The third-order valence-corrected chi connectivity index (χ3v) is 5.57. The summed E-state index contributed by atoms with van der Waals surface area (Å²) in [6, 6.07) is 0.825. The number of ether oxygens (including phenoxy) is 1. The maximum Gasteiger partial charge on any atom is 0.324 e. The largest absolute Gasteiger partial charge is 0.377 e. The normalized spacial score (nSPS) is 19.3.